The number of oxazole rings is 1. The smallest absolute Gasteiger partial charge is 0.186 e. The summed E-state index contributed by atoms with van der Waals surface area (Å²) in [4.78, 5) is 4.23. The van der Waals surface area contributed by atoms with Crippen LogP contribution in [0.25, 0.3) is 11.5 Å². The number of fused-ring (bicyclic) bond motifs is 1. The van der Waals surface area contributed by atoms with Gasteiger partial charge in [-0.15, -0.1) is 10.2 Å². The summed E-state index contributed by atoms with van der Waals surface area (Å²) in [7, 11) is 0. The van der Waals surface area contributed by atoms with Crippen molar-refractivity contribution in [3.8, 4) is 11.5 Å². The lowest BCUT2D eigenvalue weighted by molar-refractivity contribution is 0.485. The highest BCUT2D eigenvalue weighted by Gasteiger charge is 2.21. The molecular weight excluding hydrogens is 216 g/mol. The van der Waals surface area contributed by atoms with Crippen LogP contribution >= 0.6 is 0 Å². The Hall–Kier alpha value is -1.65. The van der Waals surface area contributed by atoms with Crippen molar-refractivity contribution in [2.45, 2.75) is 39.7 Å². The molecule has 0 amide bonds. The van der Waals surface area contributed by atoms with Crippen LogP contribution in [0.5, 0.6) is 0 Å². The van der Waals surface area contributed by atoms with E-state index in [4.69, 9.17) is 4.42 Å². The van der Waals surface area contributed by atoms with E-state index in [1.807, 2.05) is 6.92 Å². The Kier molecular flexibility index (Phi) is 2.46. The van der Waals surface area contributed by atoms with Gasteiger partial charge in [0.15, 0.2) is 12.2 Å². The zero-order valence-electron chi connectivity index (χ0n) is 10.2. The van der Waals surface area contributed by atoms with Gasteiger partial charge in [-0.1, -0.05) is 6.92 Å². The number of hydrogen-bond donors (Lipinski definition) is 0. The predicted octanol–water partition coefficient (Wildman–Crippen LogP) is 2.21. The van der Waals surface area contributed by atoms with E-state index >= 15 is 0 Å². The highest BCUT2D eigenvalue weighted by molar-refractivity contribution is 5.51. The molecule has 0 fully saturated rings. The highest BCUT2D eigenvalue weighted by atomic mass is 16.3. The lowest BCUT2D eigenvalue weighted by Crippen LogP contribution is -2.04. The quantitative estimate of drug-likeness (QED) is 0.756. The second-order valence-electron chi connectivity index (χ2n) is 4.78. The minimum Gasteiger partial charge on any atom is -0.448 e. The monoisotopic (exact) mass is 232 g/mol. The third-order valence-electron chi connectivity index (χ3n) is 3.49. The van der Waals surface area contributed by atoms with Gasteiger partial charge in [0.2, 0.25) is 0 Å². The van der Waals surface area contributed by atoms with Gasteiger partial charge in [0, 0.05) is 13.0 Å². The molecule has 0 radical (unpaired) electrons. The molecule has 0 aromatic carbocycles. The van der Waals surface area contributed by atoms with Gasteiger partial charge >= 0.3 is 0 Å². The number of aromatic nitrogens is 4. The third-order valence-corrected chi connectivity index (χ3v) is 3.49. The van der Waals surface area contributed by atoms with Crippen molar-refractivity contribution >= 4 is 0 Å². The van der Waals surface area contributed by atoms with Crippen LogP contribution in [0.3, 0.4) is 0 Å². The standard InChI is InChI=1S/C12H16N4O/c1-8-3-4-10-14-15-12(16(10)6-5-8)11-9(2)17-7-13-11/h7-8H,3-6H2,1-2H3. The molecule has 1 unspecified atom stereocenters. The molecule has 1 atom stereocenters. The van der Waals surface area contributed by atoms with Crippen molar-refractivity contribution in [1.29, 1.82) is 0 Å². The van der Waals surface area contributed by atoms with Crippen LogP contribution in [0.1, 0.15) is 31.4 Å². The van der Waals surface area contributed by atoms with Crippen molar-refractivity contribution in [3.05, 3.63) is 18.0 Å². The number of hydrogen-bond acceptors (Lipinski definition) is 4. The summed E-state index contributed by atoms with van der Waals surface area (Å²) >= 11 is 0. The van der Waals surface area contributed by atoms with E-state index in [1.165, 1.54) is 19.2 Å². The maximum atomic E-state index is 5.24. The molecular formula is C12H16N4O. The molecule has 0 saturated carbocycles. The fraction of sp³-hybridized carbons (Fsp3) is 0.583. The Morgan fingerprint density at radius 3 is 3.00 bits per heavy atom. The molecule has 3 rings (SSSR count). The van der Waals surface area contributed by atoms with Gasteiger partial charge in [0.05, 0.1) is 0 Å². The van der Waals surface area contributed by atoms with Crippen LogP contribution in [0.2, 0.25) is 0 Å². The molecule has 1 aliphatic heterocycles. The summed E-state index contributed by atoms with van der Waals surface area (Å²) < 4.78 is 7.43. The summed E-state index contributed by atoms with van der Waals surface area (Å²) in [5, 5.41) is 8.54. The maximum absolute atomic E-state index is 5.24. The van der Waals surface area contributed by atoms with Gasteiger partial charge in [-0.2, -0.15) is 0 Å². The zero-order chi connectivity index (χ0) is 11.8. The molecule has 90 valence electrons. The van der Waals surface area contributed by atoms with E-state index < -0.39 is 0 Å². The van der Waals surface area contributed by atoms with Gasteiger partial charge in [-0.3, -0.25) is 0 Å². The van der Waals surface area contributed by atoms with Gasteiger partial charge in [-0.25, -0.2) is 4.98 Å². The fourth-order valence-corrected chi connectivity index (χ4v) is 2.32. The van der Waals surface area contributed by atoms with E-state index in [2.05, 4.69) is 26.7 Å². The van der Waals surface area contributed by atoms with Crippen LogP contribution in [-0.4, -0.2) is 19.7 Å². The second kappa shape index (κ2) is 3.98. The lowest BCUT2D eigenvalue weighted by atomic mass is 10.0. The van der Waals surface area contributed by atoms with E-state index in [-0.39, 0.29) is 0 Å². The van der Waals surface area contributed by atoms with Gasteiger partial charge < -0.3 is 8.98 Å². The van der Waals surface area contributed by atoms with Gasteiger partial charge in [0.1, 0.15) is 17.3 Å². The second-order valence-corrected chi connectivity index (χ2v) is 4.78. The first-order valence-corrected chi connectivity index (χ1v) is 6.08. The Morgan fingerprint density at radius 1 is 1.35 bits per heavy atom. The normalized spacial score (nSPS) is 20.0. The summed E-state index contributed by atoms with van der Waals surface area (Å²) in [6.07, 6.45) is 4.83. The average molecular weight is 232 g/mol. The van der Waals surface area contributed by atoms with Gasteiger partial charge in [-0.05, 0) is 25.7 Å². The molecule has 5 nitrogen and oxygen atoms in total. The molecule has 0 spiro atoms. The minimum atomic E-state index is 0.753. The van der Waals surface area contributed by atoms with Crippen LogP contribution in [0.4, 0.5) is 0 Å². The average Bonchev–Trinajstić information content (AvgIpc) is 2.85. The molecule has 5 heteroatoms. The van der Waals surface area contributed by atoms with E-state index in [1.54, 1.807) is 0 Å². The zero-order valence-corrected chi connectivity index (χ0v) is 10.2. The summed E-state index contributed by atoms with van der Waals surface area (Å²) in [5.41, 5.74) is 0.818. The molecule has 1 aliphatic rings. The molecule has 0 aliphatic carbocycles. The van der Waals surface area contributed by atoms with Crippen molar-refractivity contribution in [2.75, 3.05) is 0 Å². The predicted molar refractivity (Wildman–Crippen MR) is 62.4 cm³/mol. The lowest BCUT2D eigenvalue weighted by Gasteiger charge is -2.06. The molecule has 2 aromatic heterocycles. The molecule has 2 aromatic rings. The largest absolute Gasteiger partial charge is 0.448 e. The summed E-state index contributed by atoms with van der Waals surface area (Å²) in [5.74, 6) is 3.48. The first-order valence-electron chi connectivity index (χ1n) is 6.08. The van der Waals surface area contributed by atoms with Crippen molar-refractivity contribution < 1.29 is 4.42 Å². The first-order chi connectivity index (χ1) is 8.25. The molecule has 0 N–H and O–H groups in total. The number of aryl methyl sites for hydroxylation is 2. The van der Waals surface area contributed by atoms with Crippen molar-refractivity contribution in [1.82, 2.24) is 19.7 Å². The molecule has 17 heavy (non-hydrogen) atoms. The van der Waals surface area contributed by atoms with E-state index in [9.17, 15) is 0 Å². The van der Waals surface area contributed by atoms with Crippen LogP contribution in [0.15, 0.2) is 10.8 Å². The summed E-state index contributed by atoms with van der Waals surface area (Å²) in [6.45, 7) is 5.18. The molecule has 0 bridgehead atoms. The van der Waals surface area contributed by atoms with E-state index in [0.29, 0.717) is 0 Å². The molecule has 0 saturated heterocycles. The highest BCUT2D eigenvalue weighted by Crippen LogP contribution is 2.25. The van der Waals surface area contributed by atoms with E-state index in [0.717, 1.165) is 42.0 Å². The summed E-state index contributed by atoms with van der Waals surface area (Å²) in [6, 6.07) is 0. The Balaban J connectivity index is 2.03. The number of rotatable bonds is 1. The maximum Gasteiger partial charge on any atom is 0.186 e. The van der Waals surface area contributed by atoms with Crippen LogP contribution < -0.4 is 0 Å². The first kappa shape index (κ1) is 10.5. The number of nitrogens with zero attached hydrogens (tertiary/aromatic N) is 4. The van der Waals surface area contributed by atoms with Crippen molar-refractivity contribution in [3.63, 3.8) is 0 Å². The van der Waals surface area contributed by atoms with Gasteiger partial charge in [0.25, 0.3) is 0 Å². The molecule has 3 heterocycles. The Bertz CT molecular complexity index is 528. The topological polar surface area (TPSA) is 56.7 Å². The van der Waals surface area contributed by atoms with Crippen molar-refractivity contribution in [2.24, 2.45) is 5.92 Å². The van der Waals surface area contributed by atoms with Crippen LogP contribution in [-0.2, 0) is 13.0 Å². The Morgan fingerprint density at radius 2 is 2.24 bits per heavy atom. The fourth-order valence-electron chi connectivity index (χ4n) is 2.32. The Labute approximate surface area is 99.9 Å². The minimum absolute atomic E-state index is 0.753. The van der Waals surface area contributed by atoms with Crippen LogP contribution in [0, 0.1) is 12.8 Å². The SMILES string of the molecule is Cc1ocnc1-c1nnc2n1CCC(C)CC2. The third kappa shape index (κ3) is 1.75.